The number of carbonyl (C=O) groups excluding carboxylic acids is 2. The Kier molecular flexibility index (Phi) is 5.43. The highest BCUT2D eigenvalue weighted by Crippen LogP contribution is 2.38. The molecule has 2 amide bonds. The molecule has 0 spiro atoms. The van der Waals surface area contributed by atoms with Crippen LogP contribution in [-0.2, 0) is 16.0 Å². The minimum atomic E-state index is -5.17. The van der Waals surface area contributed by atoms with Crippen molar-refractivity contribution >= 4 is 17.6 Å². The number of hydrogen-bond acceptors (Lipinski definition) is 5. The topological polar surface area (TPSA) is 102 Å². The van der Waals surface area contributed by atoms with Gasteiger partial charge in [0.25, 0.3) is 5.91 Å². The zero-order valence-electron chi connectivity index (χ0n) is 15.8. The number of amides is 2. The van der Waals surface area contributed by atoms with Gasteiger partial charge in [0.15, 0.2) is 11.5 Å². The molecular weight excluding hydrogens is 403 g/mol. The van der Waals surface area contributed by atoms with Gasteiger partial charge >= 0.3 is 11.8 Å². The fraction of sp³-hybridized carbons (Fsp3) is 0.250. The quantitative estimate of drug-likeness (QED) is 0.645. The van der Waals surface area contributed by atoms with Gasteiger partial charge in [-0.05, 0) is 24.1 Å². The van der Waals surface area contributed by atoms with E-state index in [9.17, 15) is 33.0 Å². The predicted octanol–water partition coefficient (Wildman–Crippen LogP) is 2.32. The van der Waals surface area contributed by atoms with Gasteiger partial charge < -0.3 is 15.5 Å². The number of nitrogens with zero attached hydrogens (tertiary/aromatic N) is 2. The van der Waals surface area contributed by atoms with E-state index < -0.39 is 23.7 Å². The number of alkyl halides is 3. The lowest BCUT2D eigenvalue weighted by Crippen LogP contribution is -2.63. The number of phenols is 2. The molecule has 30 heavy (non-hydrogen) atoms. The number of rotatable bonds is 5. The fourth-order valence-electron chi connectivity index (χ4n) is 3.13. The summed E-state index contributed by atoms with van der Waals surface area (Å²) in [5.74, 6) is -3.44. The summed E-state index contributed by atoms with van der Waals surface area (Å²) in [6.45, 7) is 0.675. The van der Waals surface area contributed by atoms with Crippen molar-refractivity contribution in [1.29, 1.82) is 0 Å². The molecule has 0 saturated carbocycles. The third-order valence-corrected chi connectivity index (χ3v) is 4.55. The van der Waals surface area contributed by atoms with E-state index in [4.69, 9.17) is 0 Å². The second-order valence-corrected chi connectivity index (χ2v) is 6.72. The Morgan fingerprint density at radius 1 is 1.13 bits per heavy atom. The SMILES string of the molecule is CC(=O)NC1(C(F)(F)F)N=C(c2ccccc2)N(CCc2ccc(O)c(O)c2)C1=O. The number of carbonyl (C=O) groups is 2. The first-order valence-corrected chi connectivity index (χ1v) is 8.89. The van der Waals surface area contributed by atoms with E-state index in [0.717, 1.165) is 11.8 Å². The molecule has 158 valence electrons. The maximum atomic E-state index is 13.9. The first-order chi connectivity index (χ1) is 14.0. The monoisotopic (exact) mass is 421 g/mol. The highest BCUT2D eigenvalue weighted by molar-refractivity contribution is 6.16. The number of nitrogens with one attached hydrogen (secondary N) is 1. The molecule has 1 aliphatic rings. The van der Waals surface area contributed by atoms with Crippen molar-refractivity contribution in [3.05, 3.63) is 59.7 Å². The Morgan fingerprint density at radius 2 is 1.80 bits per heavy atom. The molecule has 0 radical (unpaired) electrons. The molecule has 1 heterocycles. The van der Waals surface area contributed by atoms with Gasteiger partial charge in [-0.2, -0.15) is 13.2 Å². The second-order valence-electron chi connectivity index (χ2n) is 6.72. The van der Waals surface area contributed by atoms with Crippen LogP contribution >= 0.6 is 0 Å². The maximum Gasteiger partial charge on any atom is 0.442 e. The van der Waals surface area contributed by atoms with Gasteiger partial charge in [-0.3, -0.25) is 14.5 Å². The van der Waals surface area contributed by atoms with Gasteiger partial charge in [-0.25, -0.2) is 4.99 Å². The van der Waals surface area contributed by atoms with Crippen molar-refractivity contribution in [3.8, 4) is 11.5 Å². The van der Waals surface area contributed by atoms with Crippen molar-refractivity contribution < 1.29 is 33.0 Å². The number of aliphatic imine (C=N–C) groups is 1. The minimum absolute atomic E-state index is 0.0689. The molecule has 0 bridgehead atoms. The Labute approximate surface area is 169 Å². The van der Waals surface area contributed by atoms with Crippen molar-refractivity contribution in [2.45, 2.75) is 25.2 Å². The summed E-state index contributed by atoms with van der Waals surface area (Å²) in [5.41, 5.74) is -2.66. The molecule has 0 fully saturated rings. The number of benzene rings is 2. The smallest absolute Gasteiger partial charge is 0.442 e. The molecular formula is C20H18F3N3O4. The Bertz CT molecular complexity index is 1010. The van der Waals surface area contributed by atoms with Crippen LogP contribution in [0.5, 0.6) is 11.5 Å². The van der Waals surface area contributed by atoms with Crippen LogP contribution in [-0.4, -0.2) is 51.1 Å². The summed E-state index contributed by atoms with van der Waals surface area (Å²) in [6.07, 6.45) is -5.10. The molecule has 0 saturated heterocycles. The Morgan fingerprint density at radius 3 is 2.37 bits per heavy atom. The summed E-state index contributed by atoms with van der Waals surface area (Å²) < 4.78 is 41.8. The van der Waals surface area contributed by atoms with E-state index in [-0.39, 0.29) is 35.9 Å². The Hall–Kier alpha value is -3.56. The molecule has 3 N–H and O–H groups in total. The molecule has 1 unspecified atom stereocenters. The summed E-state index contributed by atoms with van der Waals surface area (Å²) in [4.78, 5) is 28.9. The predicted molar refractivity (Wildman–Crippen MR) is 101 cm³/mol. The molecule has 1 aliphatic heterocycles. The number of amidine groups is 1. The van der Waals surface area contributed by atoms with E-state index in [0.29, 0.717) is 5.56 Å². The van der Waals surface area contributed by atoms with Crippen LogP contribution in [0, 0.1) is 0 Å². The van der Waals surface area contributed by atoms with Gasteiger partial charge in [0, 0.05) is 19.0 Å². The van der Waals surface area contributed by atoms with E-state index >= 15 is 0 Å². The van der Waals surface area contributed by atoms with E-state index in [1.807, 2.05) is 0 Å². The third kappa shape index (κ3) is 3.80. The van der Waals surface area contributed by atoms with Crippen LogP contribution in [0.4, 0.5) is 13.2 Å². The van der Waals surface area contributed by atoms with Crippen molar-refractivity contribution in [3.63, 3.8) is 0 Å². The van der Waals surface area contributed by atoms with Crippen LogP contribution in [0.15, 0.2) is 53.5 Å². The average molecular weight is 421 g/mol. The highest BCUT2D eigenvalue weighted by Gasteiger charge is 2.66. The van der Waals surface area contributed by atoms with Gasteiger partial charge in [0.2, 0.25) is 5.91 Å². The zero-order valence-corrected chi connectivity index (χ0v) is 15.8. The zero-order chi connectivity index (χ0) is 22.1. The molecule has 0 aromatic heterocycles. The van der Waals surface area contributed by atoms with Crippen LogP contribution < -0.4 is 5.32 Å². The van der Waals surface area contributed by atoms with Crippen molar-refractivity contribution in [1.82, 2.24) is 10.2 Å². The average Bonchev–Trinajstić information content (AvgIpc) is 2.96. The van der Waals surface area contributed by atoms with Gasteiger partial charge in [0.05, 0.1) is 0 Å². The molecule has 2 aromatic carbocycles. The van der Waals surface area contributed by atoms with E-state index in [1.165, 1.54) is 30.3 Å². The van der Waals surface area contributed by atoms with Crippen molar-refractivity contribution in [2.75, 3.05) is 6.54 Å². The van der Waals surface area contributed by atoms with Crippen LogP contribution in [0.2, 0.25) is 0 Å². The van der Waals surface area contributed by atoms with E-state index in [2.05, 4.69) is 4.99 Å². The molecule has 0 aliphatic carbocycles. The minimum Gasteiger partial charge on any atom is -0.504 e. The summed E-state index contributed by atoms with van der Waals surface area (Å²) in [6, 6.07) is 11.8. The highest BCUT2D eigenvalue weighted by atomic mass is 19.4. The largest absolute Gasteiger partial charge is 0.504 e. The Balaban J connectivity index is 2.01. The molecule has 3 rings (SSSR count). The van der Waals surface area contributed by atoms with Gasteiger partial charge in [-0.15, -0.1) is 0 Å². The van der Waals surface area contributed by atoms with E-state index in [1.54, 1.807) is 23.5 Å². The summed E-state index contributed by atoms with van der Waals surface area (Å²) >= 11 is 0. The standard InChI is InChI=1S/C20H18F3N3O4/c1-12(27)24-19(20(21,22)23)18(30)26(17(25-19)14-5-3-2-4-6-14)10-9-13-7-8-15(28)16(29)11-13/h2-8,11,28-29H,9-10H2,1H3,(H,24,27). The first-order valence-electron chi connectivity index (χ1n) is 8.89. The van der Waals surface area contributed by atoms with Gasteiger partial charge in [-0.1, -0.05) is 36.4 Å². The lowest BCUT2D eigenvalue weighted by Gasteiger charge is -2.28. The fourth-order valence-corrected chi connectivity index (χ4v) is 3.13. The second kappa shape index (κ2) is 7.69. The summed E-state index contributed by atoms with van der Waals surface area (Å²) in [5, 5.41) is 20.7. The van der Waals surface area contributed by atoms with Crippen LogP contribution in [0.25, 0.3) is 0 Å². The van der Waals surface area contributed by atoms with Crippen LogP contribution in [0.1, 0.15) is 18.1 Å². The lowest BCUT2D eigenvalue weighted by molar-refractivity contribution is -0.199. The van der Waals surface area contributed by atoms with Crippen molar-refractivity contribution in [2.24, 2.45) is 4.99 Å². The lowest BCUT2D eigenvalue weighted by atomic mass is 10.1. The molecule has 7 nitrogen and oxygen atoms in total. The third-order valence-electron chi connectivity index (χ3n) is 4.55. The maximum absolute atomic E-state index is 13.9. The number of phenolic OH excluding ortho intramolecular Hbond substituents is 2. The number of aromatic hydroxyl groups is 2. The number of halogens is 3. The molecule has 2 aromatic rings. The van der Waals surface area contributed by atoms with Gasteiger partial charge in [0.1, 0.15) is 5.84 Å². The first kappa shape index (κ1) is 21.2. The summed E-state index contributed by atoms with van der Waals surface area (Å²) in [7, 11) is 0. The number of hydrogen-bond donors (Lipinski definition) is 3. The molecule has 10 heteroatoms. The molecule has 1 atom stereocenters. The van der Waals surface area contributed by atoms with Crippen LogP contribution in [0.3, 0.4) is 0 Å². The normalized spacial score (nSPS) is 19.0.